The van der Waals surface area contributed by atoms with E-state index in [1.807, 2.05) is 57.2 Å². The van der Waals surface area contributed by atoms with E-state index in [-0.39, 0.29) is 11.7 Å². The van der Waals surface area contributed by atoms with Gasteiger partial charge in [-0.05, 0) is 55.7 Å². The molecule has 5 heteroatoms. The normalized spacial score (nSPS) is 10.6. The zero-order chi connectivity index (χ0) is 17.3. The number of carbonyl (C=O) groups is 1. The average Bonchev–Trinajstić information content (AvgIpc) is 3.03. The second-order valence-corrected chi connectivity index (χ2v) is 5.91. The van der Waals surface area contributed by atoms with E-state index >= 15 is 0 Å². The number of para-hydroxylation sites is 1. The van der Waals surface area contributed by atoms with Gasteiger partial charge in [0.25, 0.3) is 5.91 Å². The van der Waals surface area contributed by atoms with Crippen LogP contribution in [0.3, 0.4) is 0 Å². The predicted octanol–water partition coefficient (Wildman–Crippen LogP) is 3.96. The third kappa shape index (κ3) is 3.01. The largest absolute Gasteiger partial charge is 0.507 e. The summed E-state index contributed by atoms with van der Waals surface area (Å²) in [7, 11) is 0. The molecule has 0 aliphatic rings. The van der Waals surface area contributed by atoms with Crippen molar-refractivity contribution in [1.29, 1.82) is 0 Å². The summed E-state index contributed by atoms with van der Waals surface area (Å²) in [6, 6.07) is 13.0. The topological polar surface area (TPSA) is 78.0 Å². The van der Waals surface area contributed by atoms with E-state index in [9.17, 15) is 9.90 Å². The van der Waals surface area contributed by atoms with Crippen molar-refractivity contribution in [3.63, 3.8) is 0 Å². The Kier molecular flexibility index (Phi) is 4.08. The molecule has 0 saturated carbocycles. The molecule has 0 bridgehead atoms. The maximum atomic E-state index is 12.4. The summed E-state index contributed by atoms with van der Waals surface area (Å²) in [5.74, 6) is -0.0927. The molecule has 0 aliphatic carbocycles. The van der Waals surface area contributed by atoms with E-state index < -0.39 is 0 Å². The fourth-order valence-corrected chi connectivity index (χ4v) is 2.63. The lowest BCUT2D eigenvalue weighted by Gasteiger charge is -2.07. The quantitative estimate of drug-likeness (QED) is 0.683. The van der Waals surface area contributed by atoms with Gasteiger partial charge in [0.15, 0.2) is 0 Å². The number of hydrogen-bond donors (Lipinski definition) is 3. The van der Waals surface area contributed by atoms with E-state index in [0.717, 1.165) is 22.4 Å². The Morgan fingerprint density at radius 2 is 1.83 bits per heavy atom. The lowest BCUT2D eigenvalue weighted by molar-refractivity contribution is 0.102. The summed E-state index contributed by atoms with van der Waals surface area (Å²) in [6.07, 6.45) is 0. The van der Waals surface area contributed by atoms with E-state index in [0.29, 0.717) is 17.0 Å². The summed E-state index contributed by atoms with van der Waals surface area (Å²) in [5.41, 5.74) is 5.03. The Morgan fingerprint density at radius 1 is 1.08 bits per heavy atom. The first-order valence-electron chi connectivity index (χ1n) is 7.68. The van der Waals surface area contributed by atoms with Crippen LogP contribution in [0.5, 0.6) is 5.75 Å². The molecule has 1 aromatic heterocycles. The molecule has 3 N–H and O–H groups in total. The van der Waals surface area contributed by atoms with Crippen LogP contribution in [0.4, 0.5) is 5.69 Å². The molecular weight excluding hydrogens is 302 g/mol. The van der Waals surface area contributed by atoms with E-state index in [4.69, 9.17) is 0 Å². The maximum Gasteiger partial charge on any atom is 0.273 e. The van der Waals surface area contributed by atoms with Crippen LogP contribution in [-0.2, 0) is 0 Å². The van der Waals surface area contributed by atoms with Gasteiger partial charge in [0, 0.05) is 11.3 Å². The SMILES string of the molecule is Cc1cc(C)c(O)c(-c2cc(C(=O)Nc3ccccc3C)[nH]n2)c1. The molecular formula is C19H19N3O2. The van der Waals surface area contributed by atoms with Gasteiger partial charge in [-0.1, -0.05) is 24.3 Å². The number of rotatable bonds is 3. The van der Waals surface area contributed by atoms with Crippen molar-refractivity contribution < 1.29 is 9.90 Å². The Hall–Kier alpha value is -3.08. The Bertz CT molecular complexity index is 913. The number of H-pyrrole nitrogens is 1. The van der Waals surface area contributed by atoms with Gasteiger partial charge < -0.3 is 10.4 Å². The van der Waals surface area contributed by atoms with Crippen molar-refractivity contribution in [2.45, 2.75) is 20.8 Å². The van der Waals surface area contributed by atoms with Gasteiger partial charge in [-0.15, -0.1) is 0 Å². The number of aromatic amines is 1. The van der Waals surface area contributed by atoms with Crippen molar-refractivity contribution >= 4 is 11.6 Å². The molecule has 122 valence electrons. The van der Waals surface area contributed by atoms with E-state index in [1.54, 1.807) is 6.07 Å². The van der Waals surface area contributed by atoms with Crippen molar-refractivity contribution in [2.24, 2.45) is 0 Å². The Labute approximate surface area is 140 Å². The van der Waals surface area contributed by atoms with Crippen molar-refractivity contribution in [2.75, 3.05) is 5.32 Å². The van der Waals surface area contributed by atoms with Crippen molar-refractivity contribution in [3.05, 3.63) is 64.8 Å². The third-order valence-corrected chi connectivity index (χ3v) is 3.94. The molecule has 5 nitrogen and oxygen atoms in total. The average molecular weight is 321 g/mol. The molecule has 0 atom stereocenters. The highest BCUT2D eigenvalue weighted by Gasteiger charge is 2.15. The first kappa shape index (κ1) is 15.8. The lowest BCUT2D eigenvalue weighted by atomic mass is 10.0. The highest BCUT2D eigenvalue weighted by Crippen LogP contribution is 2.32. The maximum absolute atomic E-state index is 12.4. The molecule has 0 fully saturated rings. The van der Waals surface area contributed by atoms with Crippen LogP contribution in [0.15, 0.2) is 42.5 Å². The summed E-state index contributed by atoms with van der Waals surface area (Å²) >= 11 is 0. The van der Waals surface area contributed by atoms with Crippen LogP contribution in [-0.4, -0.2) is 21.2 Å². The zero-order valence-electron chi connectivity index (χ0n) is 13.8. The first-order chi connectivity index (χ1) is 11.5. The smallest absolute Gasteiger partial charge is 0.273 e. The molecule has 0 spiro atoms. The van der Waals surface area contributed by atoms with Gasteiger partial charge >= 0.3 is 0 Å². The second kappa shape index (κ2) is 6.20. The number of aromatic nitrogens is 2. The molecule has 2 aromatic carbocycles. The molecule has 0 aliphatic heterocycles. The Morgan fingerprint density at radius 3 is 2.58 bits per heavy atom. The van der Waals surface area contributed by atoms with Gasteiger partial charge in [-0.2, -0.15) is 5.10 Å². The highest BCUT2D eigenvalue weighted by atomic mass is 16.3. The van der Waals surface area contributed by atoms with Crippen LogP contribution >= 0.6 is 0 Å². The fraction of sp³-hybridized carbons (Fsp3) is 0.158. The number of benzene rings is 2. The molecule has 1 amide bonds. The van der Waals surface area contributed by atoms with Crippen LogP contribution < -0.4 is 5.32 Å². The molecule has 0 saturated heterocycles. The number of anilines is 1. The number of phenols is 1. The number of nitrogens with one attached hydrogen (secondary N) is 2. The second-order valence-electron chi connectivity index (χ2n) is 5.91. The van der Waals surface area contributed by atoms with Gasteiger partial charge in [-0.25, -0.2) is 0 Å². The van der Waals surface area contributed by atoms with Gasteiger partial charge in [-0.3, -0.25) is 9.89 Å². The minimum Gasteiger partial charge on any atom is -0.507 e. The molecule has 1 heterocycles. The lowest BCUT2D eigenvalue weighted by Crippen LogP contribution is -2.13. The Balaban J connectivity index is 1.89. The van der Waals surface area contributed by atoms with Gasteiger partial charge in [0.1, 0.15) is 11.4 Å². The monoisotopic (exact) mass is 321 g/mol. The molecule has 3 aromatic rings. The molecule has 3 rings (SSSR count). The standard InChI is InChI=1S/C19H19N3O2/c1-11-8-13(3)18(23)14(9-11)16-10-17(22-21-16)19(24)20-15-7-5-4-6-12(15)2/h4-10,23H,1-3H3,(H,20,24)(H,21,22). The van der Waals surface area contributed by atoms with Crippen LogP contribution in [0.2, 0.25) is 0 Å². The summed E-state index contributed by atoms with van der Waals surface area (Å²) < 4.78 is 0. The van der Waals surface area contributed by atoms with Crippen molar-refractivity contribution in [3.8, 4) is 17.0 Å². The van der Waals surface area contributed by atoms with Crippen LogP contribution in [0, 0.1) is 20.8 Å². The number of amides is 1. The summed E-state index contributed by atoms with van der Waals surface area (Å²) in [4.78, 5) is 12.4. The molecule has 0 unspecified atom stereocenters. The number of nitrogens with zero attached hydrogens (tertiary/aromatic N) is 1. The minimum atomic E-state index is -0.271. The summed E-state index contributed by atoms with van der Waals surface area (Å²) in [5, 5.41) is 20.0. The van der Waals surface area contributed by atoms with Gasteiger partial charge in [0.05, 0.1) is 5.69 Å². The molecule has 24 heavy (non-hydrogen) atoms. The number of carbonyl (C=O) groups excluding carboxylic acids is 1. The number of phenolic OH excluding ortho intramolecular Hbond substituents is 1. The number of hydrogen-bond acceptors (Lipinski definition) is 3. The molecule has 0 radical (unpaired) electrons. The number of aromatic hydroxyl groups is 1. The fourth-order valence-electron chi connectivity index (χ4n) is 2.63. The first-order valence-corrected chi connectivity index (χ1v) is 7.68. The van der Waals surface area contributed by atoms with Gasteiger partial charge in [0.2, 0.25) is 0 Å². The predicted molar refractivity (Wildman–Crippen MR) is 94.3 cm³/mol. The highest BCUT2D eigenvalue weighted by molar-refractivity contribution is 6.03. The van der Waals surface area contributed by atoms with Crippen LogP contribution in [0.25, 0.3) is 11.3 Å². The minimum absolute atomic E-state index is 0.179. The van der Waals surface area contributed by atoms with Crippen molar-refractivity contribution in [1.82, 2.24) is 10.2 Å². The summed E-state index contributed by atoms with van der Waals surface area (Å²) in [6.45, 7) is 5.72. The third-order valence-electron chi connectivity index (χ3n) is 3.94. The van der Waals surface area contributed by atoms with E-state index in [2.05, 4.69) is 15.5 Å². The van der Waals surface area contributed by atoms with E-state index in [1.165, 1.54) is 0 Å². The van der Waals surface area contributed by atoms with Crippen LogP contribution in [0.1, 0.15) is 27.2 Å². The zero-order valence-corrected chi connectivity index (χ0v) is 13.8. The number of aryl methyl sites for hydroxylation is 3.